The molecule has 0 aliphatic heterocycles. The van der Waals surface area contributed by atoms with E-state index in [-0.39, 0.29) is 27.5 Å². The van der Waals surface area contributed by atoms with E-state index in [0.717, 1.165) is 18.2 Å². The summed E-state index contributed by atoms with van der Waals surface area (Å²) in [5.74, 6) is -4.20. The van der Waals surface area contributed by atoms with Crippen molar-refractivity contribution in [3.8, 4) is 0 Å². The number of rotatable bonds is 3. The highest BCUT2D eigenvalue weighted by atomic mass is 16.4. The molecule has 0 spiro atoms. The first kappa shape index (κ1) is 25.3. The third-order valence-corrected chi connectivity index (χ3v) is 1.73. The quantitative estimate of drug-likeness (QED) is 0.539. The average Bonchev–Trinajstić information content (AvgIpc) is 2.16. The fourth-order valence-electron chi connectivity index (χ4n) is 1.04. The molecule has 0 amide bonds. The highest BCUT2D eigenvalue weighted by molar-refractivity contribution is 6.03. The molecule has 0 atom stereocenters. The fraction of sp³-hybridized carbons (Fsp3) is 0. The predicted octanol–water partition coefficient (Wildman–Crippen LogP) is -2.52. The second-order valence-corrected chi connectivity index (χ2v) is 2.68. The molecule has 1 aromatic rings. The Morgan fingerprint density at radius 3 is 1.42 bits per heavy atom. The monoisotopic (exact) mass is 282 g/mol. The number of carboxylic acids is 3. The van der Waals surface area contributed by atoms with Crippen LogP contribution in [0.4, 0.5) is 0 Å². The molecule has 0 bridgehead atoms. The summed E-state index contributed by atoms with van der Waals surface area (Å²) in [5.41, 5.74) is -1.24. The summed E-state index contributed by atoms with van der Waals surface area (Å²) in [7, 11) is 0. The number of hydrogen-bond acceptors (Lipinski definition) is 3. The average molecular weight is 282 g/mol. The van der Waals surface area contributed by atoms with E-state index >= 15 is 0 Å². The van der Waals surface area contributed by atoms with Crippen molar-refractivity contribution in [1.82, 2.24) is 0 Å². The molecule has 0 saturated heterocycles. The van der Waals surface area contributed by atoms with E-state index in [1.807, 2.05) is 0 Å². The van der Waals surface area contributed by atoms with Crippen LogP contribution >= 0.6 is 0 Å². The Morgan fingerprint density at radius 2 is 1.11 bits per heavy atom. The molecule has 10 nitrogen and oxygen atoms in total. The van der Waals surface area contributed by atoms with Crippen LogP contribution in [-0.4, -0.2) is 55.1 Å². The lowest BCUT2D eigenvalue weighted by molar-refractivity contribution is 0.0649. The van der Waals surface area contributed by atoms with Crippen LogP contribution in [0.2, 0.25) is 0 Å². The largest absolute Gasteiger partial charge is 0.478 e. The molecule has 110 valence electrons. The van der Waals surface area contributed by atoms with Crippen molar-refractivity contribution in [1.29, 1.82) is 0 Å². The molecule has 0 aliphatic rings. The SMILES string of the molecule is O.O.O.O.O=C(O)c1ccc(C(=O)O)c(C(=O)O)c1. The van der Waals surface area contributed by atoms with Crippen LogP contribution in [0.5, 0.6) is 0 Å². The molecule has 10 heteroatoms. The van der Waals surface area contributed by atoms with Crippen molar-refractivity contribution in [2.75, 3.05) is 0 Å². The van der Waals surface area contributed by atoms with E-state index in [9.17, 15) is 14.4 Å². The van der Waals surface area contributed by atoms with Gasteiger partial charge in [0, 0.05) is 0 Å². The van der Waals surface area contributed by atoms with Gasteiger partial charge in [0.15, 0.2) is 0 Å². The van der Waals surface area contributed by atoms with Gasteiger partial charge >= 0.3 is 17.9 Å². The maximum Gasteiger partial charge on any atom is 0.336 e. The Bertz CT molecular complexity index is 452. The van der Waals surface area contributed by atoms with Crippen molar-refractivity contribution in [2.24, 2.45) is 0 Å². The van der Waals surface area contributed by atoms with Crippen molar-refractivity contribution in [2.45, 2.75) is 0 Å². The molecule has 11 N–H and O–H groups in total. The summed E-state index contributed by atoms with van der Waals surface area (Å²) >= 11 is 0. The van der Waals surface area contributed by atoms with Crippen LogP contribution in [0.1, 0.15) is 31.1 Å². The molecule has 0 saturated carbocycles. The number of aromatic carboxylic acids is 3. The minimum absolute atomic E-state index is 0. The third-order valence-electron chi connectivity index (χ3n) is 1.73. The summed E-state index contributed by atoms with van der Waals surface area (Å²) in [5, 5.41) is 25.9. The van der Waals surface area contributed by atoms with Gasteiger partial charge in [-0.15, -0.1) is 0 Å². The van der Waals surface area contributed by atoms with Gasteiger partial charge in [0.2, 0.25) is 0 Å². The topological polar surface area (TPSA) is 238 Å². The smallest absolute Gasteiger partial charge is 0.336 e. The van der Waals surface area contributed by atoms with Gasteiger partial charge in [-0.1, -0.05) is 0 Å². The van der Waals surface area contributed by atoms with Crippen LogP contribution < -0.4 is 0 Å². The summed E-state index contributed by atoms with van der Waals surface area (Å²) in [6.45, 7) is 0. The second kappa shape index (κ2) is 9.49. The van der Waals surface area contributed by atoms with Crippen LogP contribution in [0.15, 0.2) is 18.2 Å². The minimum Gasteiger partial charge on any atom is -0.478 e. The minimum atomic E-state index is -1.48. The lowest BCUT2D eigenvalue weighted by Gasteiger charge is -2.02. The summed E-state index contributed by atoms with van der Waals surface area (Å²) in [4.78, 5) is 31.8. The molecule has 1 rings (SSSR count). The zero-order valence-corrected chi connectivity index (χ0v) is 9.30. The Kier molecular flexibility index (Phi) is 12.7. The van der Waals surface area contributed by atoms with Gasteiger partial charge in [-0.05, 0) is 18.2 Å². The number of carbonyl (C=O) groups is 3. The van der Waals surface area contributed by atoms with Crippen molar-refractivity contribution in [3.05, 3.63) is 34.9 Å². The Balaban J connectivity index is -0.000000281. The standard InChI is InChI=1S/C9H6O6.4H2O/c10-7(11)4-1-2-5(8(12)13)6(3-4)9(14)15;;;;/h1-3H,(H,10,11)(H,12,13)(H,14,15);4*1H2. The van der Waals surface area contributed by atoms with Crippen molar-refractivity contribution in [3.63, 3.8) is 0 Å². The lowest BCUT2D eigenvalue weighted by atomic mass is 10.0. The highest BCUT2D eigenvalue weighted by Gasteiger charge is 2.17. The normalized spacial score (nSPS) is 7.58. The Hall–Kier alpha value is -2.53. The third kappa shape index (κ3) is 5.56. The molecule has 1 aromatic carbocycles. The van der Waals surface area contributed by atoms with E-state index in [2.05, 4.69) is 0 Å². The Morgan fingerprint density at radius 1 is 0.684 bits per heavy atom. The van der Waals surface area contributed by atoms with E-state index in [0.29, 0.717) is 0 Å². The maximum absolute atomic E-state index is 10.6. The zero-order valence-electron chi connectivity index (χ0n) is 9.30. The first-order valence-corrected chi connectivity index (χ1v) is 3.77. The van der Waals surface area contributed by atoms with E-state index in [4.69, 9.17) is 15.3 Å². The molecule has 0 fully saturated rings. The molecule has 0 aliphatic carbocycles. The van der Waals surface area contributed by atoms with E-state index < -0.39 is 29.0 Å². The van der Waals surface area contributed by atoms with Crippen molar-refractivity contribution >= 4 is 17.9 Å². The van der Waals surface area contributed by atoms with E-state index in [1.165, 1.54) is 0 Å². The van der Waals surface area contributed by atoms with Crippen LogP contribution in [0, 0.1) is 0 Å². The summed E-state index contributed by atoms with van der Waals surface area (Å²) in [6.07, 6.45) is 0. The first-order valence-electron chi connectivity index (χ1n) is 3.77. The van der Waals surface area contributed by atoms with Gasteiger partial charge in [-0.25, -0.2) is 14.4 Å². The molecule has 19 heavy (non-hydrogen) atoms. The van der Waals surface area contributed by atoms with E-state index in [1.54, 1.807) is 0 Å². The van der Waals surface area contributed by atoms with Gasteiger partial charge in [0.05, 0.1) is 16.7 Å². The number of carboxylic acid groups (broad SMARTS) is 3. The van der Waals surface area contributed by atoms with Gasteiger partial charge in [-0.3, -0.25) is 0 Å². The van der Waals surface area contributed by atoms with Crippen molar-refractivity contribution < 1.29 is 51.6 Å². The molecule has 0 aromatic heterocycles. The van der Waals surface area contributed by atoms with Gasteiger partial charge in [0.1, 0.15) is 0 Å². The van der Waals surface area contributed by atoms with Gasteiger partial charge in [-0.2, -0.15) is 0 Å². The van der Waals surface area contributed by atoms with Crippen LogP contribution in [-0.2, 0) is 0 Å². The number of benzene rings is 1. The maximum atomic E-state index is 10.6. The lowest BCUT2D eigenvalue weighted by Crippen LogP contribution is -2.10. The number of hydrogen-bond donors (Lipinski definition) is 3. The molecule has 0 radical (unpaired) electrons. The predicted molar refractivity (Wildman–Crippen MR) is 61.8 cm³/mol. The van der Waals surface area contributed by atoms with Crippen LogP contribution in [0.3, 0.4) is 0 Å². The molecular weight excluding hydrogens is 268 g/mol. The summed E-state index contributed by atoms with van der Waals surface area (Å²) in [6, 6.07) is 2.81. The Labute approximate surface area is 105 Å². The zero-order chi connectivity index (χ0) is 11.6. The second-order valence-electron chi connectivity index (χ2n) is 2.68. The molecular formula is C9H14O10. The first-order chi connectivity index (χ1) is 6.93. The molecule has 0 heterocycles. The van der Waals surface area contributed by atoms with Gasteiger partial charge < -0.3 is 37.2 Å². The van der Waals surface area contributed by atoms with Crippen LogP contribution in [0.25, 0.3) is 0 Å². The van der Waals surface area contributed by atoms with Gasteiger partial charge in [0.25, 0.3) is 0 Å². The summed E-state index contributed by atoms with van der Waals surface area (Å²) < 4.78 is 0. The molecule has 0 unspecified atom stereocenters. The highest BCUT2D eigenvalue weighted by Crippen LogP contribution is 2.12. The fourth-order valence-corrected chi connectivity index (χ4v) is 1.04.